The second-order valence-electron chi connectivity index (χ2n) is 2.58. The second kappa shape index (κ2) is 6.47. The SMILES string of the molecule is C1CNCCN1.O=S(=O)(O)O[Si](O)(O)O. The highest BCUT2D eigenvalue weighted by atomic mass is 32.3. The molecule has 1 aliphatic heterocycles. The van der Waals surface area contributed by atoms with E-state index < -0.39 is 19.4 Å². The summed E-state index contributed by atoms with van der Waals surface area (Å²) in [5.74, 6) is 0. The third-order valence-electron chi connectivity index (χ3n) is 1.17. The molecule has 0 amide bonds. The van der Waals surface area contributed by atoms with E-state index in [1.54, 1.807) is 0 Å². The first-order valence-corrected chi connectivity index (χ1v) is 7.09. The molecule has 0 aromatic rings. The highest BCUT2D eigenvalue weighted by Crippen LogP contribution is 1.94. The van der Waals surface area contributed by atoms with Crippen molar-refractivity contribution in [2.24, 2.45) is 0 Å². The molecule has 0 unspecified atom stereocenters. The van der Waals surface area contributed by atoms with E-state index in [4.69, 9.17) is 18.9 Å². The molecular weight excluding hydrogens is 248 g/mol. The number of nitrogens with one attached hydrogen (secondary N) is 2. The van der Waals surface area contributed by atoms with Crippen molar-refractivity contribution >= 4 is 19.4 Å². The van der Waals surface area contributed by atoms with Crippen molar-refractivity contribution in [2.45, 2.75) is 0 Å². The summed E-state index contributed by atoms with van der Waals surface area (Å²) in [7, 11) is -10.1. The molecule has 1 aliphatic rings. The van der Waals surface area contributed by atoms with Crippen LogP contribution in [0.15, 0.2) is 0 Å². The van der Waals surface area contributed by atoms with Crippen LogP contribution in [0.5, 0.6) is 0 Å². The average Bonchev–Trinajstić information content (AvgIpc) is 2.01. The van der Waals surface area contributed by atoms with Crippen molar-refractivity contribution in [3.05, 3.63) is 0 Å². The van der Waals surface area contributed by atoms with E-state index in [0.29, 0.717) is 0 Å². The zero-order valence-electron chi connectivity index (χ0n) is 7.75. The van der Waals surface area contributed by atoms with Crippen LogP contribution in [0.4, 0.5) is 0 Å². The lowest BCUT2D eigenvalue weighted by Gasteiger charge is -2.11. The molecule has 11 heteroatoms. The van der Waals surface area contributed by atoms with Gasteiger partial charge in [-0.15, -0.1) is 0 Å². The molecule has 6 N–H and O–H groups in total. The number of rotatable bonds is 2. The fourth-order valence-electron chi connectivity index (χ4n) is 0.745. The molecule has 0 bridgehead atoms. The summed E-state index contributed by atoms with van der Waals surface area (Å²) >= 11 is 0. The van der Waals surface area contributed by atoms with Gasteiger partial charge in [0.15, 0.2) is 0 Å². The fraction of sp³-hybridized carbons (Fsp3) is 1.00. The standard InChI is InChI=1S/C4H10N2.H4O7SSi/c1-2-6-4-3-5-1;1-8(2,3)7-9(4,5)6/h5-6H,1-4H2;4-6H,(H,1,2,3). The number of piperazine rings is 1. The van der Waals surface area contributed by atoms with Gasteiger partial charge in [-0.1, -0.05) is 0 Å². The second-order valence-corrected chi connectivity index (χ2v) is 5.25. The van der Waals surface area contributed by atoms with Crippen molar-refractivity contribution in [3.8, 4) is 0 Å². The molecule has 9 nitrogen and oxygen atoms in total. The van der Waals surface area contributed by atoms with Gasteiger partial charge in [-0.3, -0.25) is 4.55 Å². The Morgan fingerprint density at radius 3 is 1.40 bits per heavy atom. The van der Waals surface area contributed by atoms with Gasteiger partial charge in [0.25, 0.3) is 0 Å². The lowest BCUT2D eigenvalue weighted by Crippen LogP contribution is -2.40. The number of hydrogen-bond donors (Lipinski definition) is 6. The summed E-state index contributed by atoms with van der Waals surface area (Å²) in [6.07, 6.45) is 0. The molecule has 0 aromatic carbocycles. The minimum atomic E-state index is -5.13. The molecule has 15 heavy (non-hydrogen) atoms. The van der Waals surface area contributed by atoms with Gasteiger partial charge in [-0.05, 0) is 0 Å². The Hall–Kier alpha value is -0.113. The molecule has 1 rings (SSSR count). The van der Waals surface area contributed by atoms with Crippen molar-refractivity contribution in [2.75, 3.05) is 26.2 Å². The summed E-state index contributed by atoms with van der Waals surface area (Å²) in [4.78, 5) is 23.5. The van der Waals surface area contributed by atoms with Gasteiger partial charge in [0.05, 0.1) is 0 Å². The van der Waals surface area contributed by atoms with E-state index in [-0.39, 0.29) is 0 Å². The summed E-state index contributed by atoms with van der Waals surface area (Å²) in [5, 5.41) is 6.44. The van der Waals surface area contributed by atoms with Gasteiger partial charge in [0, 0.05) is 26.2 Å². The Bertz CT molecular complexity index is 247. The molecule has 0 saturated carbocycles. The minimum Gasteiger partial charge on any atom is -0.367 e. The molecule has 0 radical (unpaired) electrons. The van der Waals surface area contributed by atoms with Crippen LogP contribution in [0.1, 0.15) is 0 Å². The van der Waals surface area contributed by atoms with Crippen LogP contribution < -0.4 is 10.6 Å². The maximum atomic E-state index is 9.53. The predicted molar refractivity (Wildman–Crippen MR) is 50.8 cm³/mol. The summed E-state index contributed by atoms with van der Waals surface area (Å²) in [5.41, 5.74) is 0. The third-order valence-corrected chi connectivity index (χ3v) is 2.91. The lowest BCUT2D eigenvalue weighted by atomic mass is 10.4. The Kier molecular flexibility index (Phi) is 6.42. The van der Waals surface area contributed by atoms with Crippen LogP contribution in [0.3, 0.4) is 0 Å². The Balaban J connectivity index is 0.000000280. The summed E-state index contributed by atoms with van der Waals surface area (Å²) < 4.78 is 29.7. The molecule has 0 aromatic heterocycles. The van der Waals surface area contributed by atoms with Gasteiger partial charge in [0.2, 0.25) is 0 Å². The Morgan fingerprint density at radius 2 is 1.33 bits per heavy atom. The molecule has 1 heterocycles. The van der Waals surface area contributed by atoms with Gasteiger partial charge < -0.3 is 25.0 Å². The first-order valence-electron chi connectivity index (χ1n) is 3.97. The zero-order chi connectivity index (χ0) is 11.9. The minimum absolute atomic E-state index is 1.14. The van der Waals surface area contributed by atoms with Gasteiger partial charge in [-0.25, -0.2) is 3.87 Å². The maximum absolute atomic E-state index is 9.53. The van der Waals surface area contributed by atoms with E-state index in [1.165, 1.54) is 0 Å². The van der Waals surface area contributed by atoms with Crippen LogP contribution >= 0.6 is 0 Å². The molecule has 1 saturated heterocycles. The van der Waals surface area contributed by atoms with Crippen molar-refractivity contribution in [3.63, 3.8) is 0 Å². The molecule has 0 spiro atoms. The predicted octanol–water partition coefficient (Wildman–Crippen LogP) is -3.60. The molecule has 92 valence electrons. The third kappa shape index (κ3) is 13.9. The largest absolute Gasteiger partial charge is 0.688 e. The number of hydrogen-bond acceptors (Lipinski definition) is 8. The quantitative estimate of drug-likeness (QED) is 0.219. The molecule has 0 aliphatic carbocycles. The van der Waals surface area contributed by atoms with E-state index in [1.807, 2.05) is 0 Å². The lowest BCUT2D eigenvalue weighted by molar-refractivity contribution is 0.124. The van der Waals surface area contributed by atoms with Crippen LogP contribution in [-0.2, 0) is 14.3 Å². The topological polar surface area (TPSA) is 148 Å². The van der Waals surface area contributed by atoms with Gasteiger partial charge in [0.1, 0.15) is 0 Å². The normalized spacial score (nSPS) is 17.9. The van der Waals surface area contributed by atoms with E-state index in [2.05, 4.69) is 14.5 Å². The van der Waals surface area contributed by atoms with Crippen molar-refractivity contribution < 1.29 is 31.2 Å². The van der Waals surface area contributed by atoms with Crippen LogP contribution in [0.25, 0.3) is 0 Å². The maximum Gasteiger partial charge on any atom is 0.688 e. The van der Waals surface area contributed by atoms with E-state index >= 15 is 0 Å². The zero-order valence-corrected chi connectivity index (χ0v) is 9.57. The highest BCUT2D eigenvalue weighted by molar-refractivity contribution is 7.81. The monoisotopic (exact) mass is 262 g/mol. The summed E-state index contributed by atoms with van der Waals surface area (Å²) in [6.45, 7) is 4.56. The fourth-order valence-corrected chi connectivity index (χ4v) is 1.88. The van der Waals surface area contributed by atoms with Crippen LogP contribution in [0.2, 0.25) is 0 Å². The first kappa shape index (κ1) is 14.9. The van der Waals surface area contributed by atoms with Gasteiger partial charge in [-0.2, -0.15) is 8.42 Å². The smallest absolute Gasteiger partial charge is 0.367 e. The van der Waals surface area contributed by atoms with Crippen molar-refractivity contribution in [1.29, 1.82) is 0 Å². The first-order chi connectivity index (χ1) is 6.71. The van der Waals surface area contributed by atoms with Gasteiger partial charge >= 0.3 is 19.4 Å². The average molecular weight is 262 g/mol. The van der Waals surface area contributed by atoms with E-state index in [0.717, 1.165) is 26.2 Å². The summed E-state index contributed by atoms with van der Waals surface area (Å²) in [6, 6.07) is 0. The van der Waals surface area contributed by atoms with Crippen LogP contribution in [0, 0.1) is 0 Å². The Labute approximate surface area is 88.1 Å². The van der Waals surface area contributed by atoms with Crippen molar-refractivity contribution in [1.82, 2.24) is 10.6 Å². The van der Waals surface area contributed by atoms with E-state index in [9.17, 15) is 8.42 Å². The van der Waals surface area contributed by atoms with Crippen LogP contribution in [-0.4, -0.2) is 62.6 Å². The Morgan fingerprint density at radius 1 is 1.00 bits per heavy atom. The molecular formula is C4H14N2O7SSi. The highest BCUT2D eigenvalue weighted by Gasteiger charge is 2.37. The molecule has 1 fully saturated rings. The molecule has 0 atom stereocenters.